The largest absolute Gasteiger partial charge is 0.380 e. The molecule has 0 aliphatic carbocycles. The average Bonchev–Trinajstić information content (AvgIpc) is 2.82. The summed E-state index contributed by atoms with van der Waals surface area (Å²) < 4.78 is 0. The molecular formula is C22H24N8. The maximum atomic E-state index is 4.87. The molecule has 2 unspecified atom stereocenters. The summed E-state index contributed by atoms with van der Waals surface area (Å²) in [6.45, 7) is 1.84. The van der Waals surface area contributed by atoms with Gasteiger partial charge in [-0.1, -0.05) is 0 Å². The summed E-state index contributed by atoms with van der Waals surface area (Å²) in [7, 11) is 0. The van der Waals surface area contributed by atoms with E-state index >= 15 is 0 Å². The molecule has 0 fully saturated rings. The number of aryl methyl sites for hydroxylation is 2. The van der Waals surface area contributed by atoms with Crippen LogP contribution in [0.3, 0.4) is 0 Å². The molecule has 0 bridgehead atoms. The highest BCUT2D eigenvalue weighted by atomic mass is 15.2. The minimum Gasteiger partial charge on any atom is -0.380 e. The van der Waals surface area contributed by atoms with Crippen molar-refractivity contribution >= 4 is 23.0 Å². The van der Waals surface area contributed by atoms with Crippen molar-refractivity contribution in [2.24, 2.45) is 0 Å². The Morgan fingerprint density at radius 2 is 1.67 bits per heavy atom. The van der Waals surface area contributed by atoms with Crippen LogP contribution in [0, 0.1) is 0 Å². The first-order chi connectivity index (χ1) is 14.8. The predicted octanol–water partition coefficient (Wildman–Crippen LogP) is 3.30. The van der Waals surface area contributed by atoms with E-state index in [-0.39, 0.29) is 12.1 Å². The van der Waals surface area contributed by atoms with Crippen molar-refractivity contribution in [1.82, 2.24) is 20.2 Å². The number of nitrogens with one attached hydrogen (secondary N) is 4. The van der Waals surface area contributed by atoms with Gasteiger partial charge in [0.25, 0.3) is 0 Å². The van der Waals surface area contributed by atoms with Gasteiger partial charge in [-0.05, 0) is 61.1 Å². The molecule has 4 N–H and O–H groups in total. The van der Waals surface area contributed by atoms with E-state index in [1.54, 1.807) is 6.20 Å². The molecule has 8 heteroatoms. The lowest BCUT2D eigenvalue weighted by atomic mass is 9.94. The lowest BCUT2D eigenvalue weighted by Crippen LogP contribution is -2.24. The molecule has 152 valence electrons. The molecule has 30 heavy (non-hydrogen) atoms. The fourth-order valence-electron chi connectivity index (χ4n) is 4.57. The van der Waals surface area contributed by atoms with E-state index in [9.17, 15) is 0 Å². The average molecular weight is 400 g/mol. The summed E-state index contributed by atoms with van der Waals surface area (Å²) in [6.07, 6.45) is 7.77. The Bertz CT molecular complexity index is 1100. The molecule has 3 aromatic rings. The maximum absolute atomic E-state index is 4.87. The number of rotatable bonds is 2. The van der Waals surface area contributed by atoms with Gasteiger partial charge in [-0.25, -0.2) is 4.98 Å². The van der Waals surface area contributed by atoms with Crippen LogP contribution in [0.4, 0.5) is 23.0 Å². The Morgan fingerprint density at radius 1 is 0.800 bits per heavy atom. The van der Waals surface area contributed by atoms with Crippen molar-refractivity contribution in [3.8, 4) is 0 Å². The lowest BCUT2D eigenvalue weighted by molar-refractivity contribution is 0.627. The summed E-state index contributed by atoms with van der Waals surface area (Å²) in [5.41, 5.74) is 6.85. The van der Waals surface area contributed by atoms with E-state index in [1.165, 1.54) is 11.1 Å². The quantitative estimate of drug-likeness (QED) is 0.520. The standard InChI is InChI=1S/C22H24N8/c1-3-17(28-21-13(1)7-8-26-30-21)20-11-19-14(12-25-20)2-4-15(27-19)16-5-6-18-22(29-16)24-10-9-23-18/h5-8,11-12,15,17,23,27H,1-4,9-10H2,(H,24,29)(H,28,30). The van der Waals surface area contributed by atoms with Gasteiger partial charge in [-0.15, -0.1) is 5.10 Å². The highest BCUT2D eigenvalue weighted by Gasteiger charge is 2.26. The number of pyridine rings is 2. The molecule has 0 saturated heterocycles. The van der Waals surface area contributed by atoms with Crippen LogP contribution in [0.25, 0.3) is 0 Å². The summed E-state index contributed by atoms with van der Waals surface area (Å²) >= 11 is 0. The van der Waals surface area contributed by atoms with Gasteiger partial charge in [0.1, 0.15) is 5.82 Å². The van der Waals surface area contributed by atoms with Crippen LogP contribution in [0.15, 0.2) is 36.7 Å². The van der Waals surface area contributed by atoms with Gasteiger partial charge < -0.3 is 21.3 Å². The van der Waals surface area contributed by atoms with Gasteiger partial charge in [0.05, 0.1) is 35.4 Å². The van der Waals surface area contributed by atoms with Gasteiger partial charge in [0.15, 0.2) is 5.82 Å². The first-order valence-electron chi connectivity index (χ1n) is 10.6. The molecule has 8 nitrogen and oxygen atoms in total. The monoisotopic (exact) mass is 400 g/mol. The van der Waals surface area contributed by atoms with E-state index in [0.717, 1.165) is 73.2 Å². The SMILES string of the molecule is c1cc2c(nn1)NC(c1cc3c(cn1)CCC(c1ccc4c(n1)NCCN4)N3)CC2. The second-order valence-corrected chi connectivity index (χ2v) is 8.13. The zero-order valence-corrected chi connectivity index (χ0v) is 16.7. The lowest BCUT2D eigenvalue weighted by Gasteiger charge is -2.30. The molecule has 6 rings (SSSR count). The van der Waals surface area contributed by atoms with Crippen LogP contribution in [0.2, 0.25) is 0 Å². The van der Waals surface area contributed by atoms with E-state index in [1.807, 2.05) is 12.3 Å². The third-order valence-electron chi connectivity index (χ3n) is 6.22. The predicted molar refractivity (Wildman–Crippen MR) is 117 cm³/mol. The minimum absolute atomic E-state index is 0.152. The zero-order chi connectivity index (χ0) is 19.9. The van der Waals surface area contributed by atoms with Crippen LogP contribution in [-0.4, -0.2) is 33.3 Å². The summed E-state index contributed by atoms with van der Waals surface area (Å²) in [5.74, 6) is 1.83. The number of nitrogens with zero attached hydrogens (tertiary/aromatic N) is 4. The molecular weight excluding hydrogens is 376 g/mol. The second-order valence-electron chi connectivity index (χ2n) is 8.13. The zero-order valence-electron chi connectivity index (χ0n) is 16.7. The highest BCUT2D eigenvalue weighted by Crippen LogP contribution is 2.36. The molecule has 0 radical (unpaired) electrons. The smallest absolute Gasteiger partial charge is 0.152 e. The minimum atomic E-state index is 0.152. The van der Waals surface area contributed by atoms with E-state index < -0.39 is 0 Å². The molecule has 3 aliphatic rings. The third-order valence-corrected chi connectivity index (χ3v) is 6.22. The number of aromatic nitrogens is 4. The van der Waals surface area contributed by atoms with Crippen LogP contribution in [0.5, 0.6) is 0 Å². The van der Waals surface area contributed by atoms with Crippen molar-refractivity contribution < 1.29 is 0 Å². The Balaban J connectivity index is 1.24. The maximum Gasteiger partial charge on any atom is 0.152 e. The molecule has 3 aliphatic heterocycles. The highest BCUT2D eigenvalue weighted by molar-refractivity contribution is 5.67. The Morgan fingerprint density at radius 3 is 2.63 bits per heavy atom. The summed E-state index contributed by atoms with van der Waals surface area (Å²) in [6, 6.07) is 8.84. The van der Waals surface area contributed by atoms with Crippen molar-refractivity contribution in [2.45, 2.75) is 37.8 Å². The molecule has 0 aromatic carbocycles. The number of hydrogen-bond donors (Lipinski definition) is 4. The van der Waals surface area contributed by atoms with Crippen LogP contribution >= 0.6 is 0 Å². The Kier molecular flexibility index (Phi) is 4.14. The van der Waals surface area contributed by atoms with Crippen LogP contribution in [0.1, 0.15) is 47.4 Å². The van der Waals surface area contributed by atoms with Gasteiger partial charge >= 0.3 is 0 Å². The molecule has 0 amide bonds. The van der Waals surface area contributed by atoms with Crippen molar-refractivity contribution in [3.05, 3.63) is 59.2 Å². The molecule has 0 saturated carbocycles. The van der Waals surface area contributed by atoms with E-state index in [0.29, 0.717) is 0 Å². The van der Waals surface area contributed by atoms with E-state index in [2.05, 4.69) is 49.7 Å². The fraction of sp³-hybridized carbons (Fsp3) is 0.364. The topological polar surface area (TPSA) is 99.7 Å². The molecule has 6 heterocycles. The fourth-order valence-corrected chi connectivity index (χ4v) is 4.57. The van der Waals surface area contributed by atoms with E-state index in [4.69, 9.17) is 9.97 Å². The number of fused-ring (bicyclic) bond motifs is 3. The van der Waals surface area contributed by atoms with Crippen molar-refractivity contribution in [2.75, 3.05) is 34.4 Å². The van der Waals surface area contributed by atoms with Crippen molar-refractivity contribution in [3.63, 3.8) is 0 Å². The van der Waals surface area contributed by atoms with Gasteiger partial charge in [0.2, 0.25) is 0 Å². The van der Waals surface area contributed by atoms with Gasteiger partial charge in [-0.2, -0.15) is 5.10 Å². The molecule has 0 spiro atoms. The molecule has 2 atom stereocenters. The summed E-state index contributed by atoms with van der Waals surface area (Å²) in [4.78, 5) is 9.63. The normalized spacial score (nSPS) is 21.6. The van der Waals surface area contributed by atoms with Crippen LogP contribution in [-0.2, 0) is 12.8 Å². The number of anilines is 4. The third kappa shape index (κ3) is 3.08. The Hall–Kier alpha value is -3.42. The summed E-state index contributed by atoms with van der Waals surface area (Å²) in [5, 5.41) is 22.3. The van der Waals surface area contributed by atoms with Crippen molar-refractivity contribution in [1.29, 1.82) is 0 Å². The first-order valence-corrected chi connectivity index (χ1v) is 10.6. The van der Waals surface area contributed by atoms with Crippen LogP contribution < -0.4 is 21.3 Å². The van der Waals surface area contributed by atoms with Gasteiger partial charge in [0, 0.05) is 25.0 Å². The van der Waals surface area contributed by atoms with Gasteiger partial charge in [-0.3, -0.25) is 4.98 Å². The second kappa shape index (κ2) is 7.12. The molecule has 3 aromatic heterocycles. The first kappa shape index (κ1) is 17.4. The Labute approximate surface area is 174 Å². The number of hydrogen-bond acceptors (Lipinski definition) is 8.